The highest BCUT2D eigenvalue weighted by Crippen LogP contribution is 2.33. The van der Waals surface area contributed by atoms with Gasteiger partial charge in [-0.15, -0.1) is 0 Å². The average Bonchev–Trinajstić information content (AvgIpc) is 2.49. The number of rotatable bonds is 5. The Morgan fingerprint density at radius 2 is 1.90 bits per heavy atom. The molecular formula is C16H19Cl2N3. The van der Waals surface area contributed by atoms with Gasteiger partial charge in [-0.1, -0.05) is 43.1 Å². The van der Waals surface area contributed by atoms with Crippen LogP contribution in [0.4, 0.5) is 5.82 Å². The summed E-state index contributed by atoms with van der Waals surface area (Å²) in [5, 5.41) is 4.36. The first-order valence-corrected chi connectivity index (χ1v) is 7.89. The molecule has 1 aromatic heterocycles. The van der Waals surface area contributed by atoms with Crippen LogP contribution in [0.25, 0.3) is 11.4 Å². The topological polar surface area (TPSA) is 37.8 Å². The second-order valence-electron chi connectivity index (χ2n) is 4.85. The van der Waals surface area contributed by atoms with E-state index in [0.29, 0.717) is 15.9 Å². The Kier molecular flexibility index (Phi) is 5.43. The van der Waals surface area contributed by atoms with Crippen LogP contribution >= 0.6 is 23.2 Å². The Morgan fingerprint density at radius 1 is 1.14 bits per heavy atom. The summed E-state index contributed by atoms with van der Waals surface area (Å²) in [6.45, 7) is 7.13. The van der Waals surface area contributed by atoms with Gasteiger partial charge in [0.15, 0.2) is 5.82 Å². The van der Waals surface area contributed by atoms with Crippen molar-refractivity contribution in [3.05, 3.63) is 39.5 Å². The van der Waals surface area contributed by atoms with Crippen LogP contribution in [0, 0.1) is 6.92 Å². The maximum absolute atomic E-state index is 6.29. The Morgan fingerprint density at radius 3 is 2.57 bits per heavy atom. The Bertz CT molecular complexity index is 642. The first kappa shape index (κ1) is 16.1. The molecule has 0 amide bonds. The van der Waals surface area contributed by atoms with Crippen LogP contribution < -0.4 is 5.32 Å². The molecule has 0 aliphatic rings. The lowest BCUT2D eigenvalue weighted by molar-refractivity contribution is 0.936. The van der Waals surface area contributed by atoms with E-state index in [1.54, 1.807) is 6.07 Å². The molecule has 0 atom stereocenters. The molecule has 2 aromatic rings. The van der Waals surface area contributed by atoms with Gasteiger partial charge in [-0.2, -0.15) is 0 Å². The predicted octanol–water partition coefficient (Wildman–Crippen LogP) is 5.14. The molecule has 0 unspecified atom stereocenters. The van der Waals surface area contributed by atoms with E-state index in [4.69, 9.17) is 23.2 Å². The van der Waals surface area contributed by atoms with Gasteiger partial charge in [0, 0.05) is 23.4 Å². The number of aromatic nitrogens is 2. The van der Waals surface area contributed by atoms with Crippen LogP contribution in [0.1, 0.15) is 31.5 Å². The minimum Gasteiger partial charge on any atom is -0.370 e. The van der Waals surface area contributed by atoms with Crippen molar-refractivity contribution in [2.75, 3.05) is 11.9 Å². The minimum absolute atomic E-state index is 0.492. The molecule has 0 saturated heterocycles. The zero-order valence-corrected chi connectivity index (χ0v) is 14.0. The molecule has 0 spiro atoms. The van der Waals surface area contributed by atoms with Gasteiger partial charge in [0.25, 0.3) is 0 Å². The molecule has 0 bridgehead atoms. The van der Waals surface area contributed by atoms with Crippen LogP contribution in [0.5, 0.6) is 0 Å². The molecule has 0 radical (unpaired) electrons. The highest BCUT2D eigenvalue weighted by Gasteiger charge is 2.14. The van der Waals surface area contributed by atoms with Crippen molar-refractivity contribution in [1.29, 1.82) is 0 Å². The smallest absolute Gasteiger partial charge is 0.163 e. The minimum atomic E-state index is 0.492. The molecule has 1 heterocycles. The van der Waals surface area contributed by atoms with Crippen LogP contribution in [0.3, 0.4) is 0 Å². The Hall–Kier alpha value is -1.32. The van der Waals surface area contributed by atoms with E-state index in [-0.39, 0.29) is 0 Å². The number of nitrogens with one attached hydrogen (secondary N) is 1. The number of benzene rings is 1. The van der Waals surface area contributed by atoms with Gasteiger partial charge in [-0.05, 0) is 31.9 Å². The Labute approximate surface area is 135 Å². The third-order valence-corrected chi connectivity index (χ3v) is 4.14. The summed E-state index contributed by atoms with van der Waals surface area (Å²) in [4.78, 5) is 9.26. The molecule has 1 aromatic carbocycles. The predicted molar refractivity (Wildman–Crippen MR) is 90.4 cm³/mol. The standard InChI is InChI=1S/C16H19Cl2N3/c1-4-9-19-15-10(3)13(5-2)20-16(21-15)11-7-6-8-12(17)14(11)18/h6-8H,4-5,9H2,1-3H3,(H,19,20,21). The molecule has 21 heavy (non-hydrogen) atoms. The van der Waals surface area contributed by atoms with Gasteiger partial charge in [-0.25, -0.2) is 9.97 Å². The van der Waals surface area contributed by atoms with E-state index < -0.39 is 0 Å². The molecule has 5 heteroatoms. The molecule has 112 valence electrons. The molecule has 3 nitrogen and oxygen atoms in total. The summed E-state index contributed by atoms with van der Waals surface area (Å²) in [6, 6.07) is 5.51. The van der Waals surface area contributed by atoms with Gasteiger partial charge >= 0.3 is 0 Å². The summed E-state index contributed by atoms with van der Waals surface area (Å²) in [7, 11) is 0. The van der Waals surface area contributed by atoms with Gasteiger partial charge < -0.3 is 5.32 Å². The van der Waals surface area contributed by atoms with Crippen molar-refractivity contribution in [2.45, 2.75) is 33.6 Å². The van der Waals surface area contributed by atoms with Crippen molar-refractivity contribution >= 4 is 29.0 Å². The van der Waals surface area contributed by atoms with Crippen molar-refractivity contribution in [3.8, 4) is 11.4 Å². The maximum atomic E-state index is 6.29. The fraction of sp³-hybridized carbons (Fsp3) is 0.375. The van der Waals surface area contributed by atoms with E-state index >= 15 is 0 Å². The number of nitrogens with zero attached hydrogens (tertiary/aromatic N) is 2. The third kappa shape index (κ3) is 3.47. The van der Waals surface area contributed by atoms with Crippen LogP contribution in [-0.4, -0.2) is 16.5 Å². The maximum Gasteiger partial charge on any atom is 0.163 e. The normalized spacial score (nSPS) is 10.7. The largest absolute Gasteiger partial charge is 0.370 e. The molecule has 0 saturated carbocycles. The summed E-state index contributed by atoms with van der Waals surface area (Å²) in [6.07, 6.45) is 1.89. The van der Waals surface area contributed by atoms with Crippen molar-refractivity contribution in [1.82, 2.24) is 9.97 Å². The van der Waals surface area contributed by atoms with Crippen LogP contribution in [0.15, 0.2) is 18.2 Å². The van der Waals surface area contributed by atoms with E-state index in [9.17, 15) is 0 Å². The monoisotopic (exact) mass is 323 g/mol. The van der Waals surface area contributed by atoms with Crippen LogP contribution in [0.2, 0.25) is 10.0 Å². The lowest BCUT2D eigenvalue weighted by atomic mass is 10.1. The molecule has 0 fully saturated rings. The van der Waals surface area contributed by atoms with E-state index in [2.05, 4.69) is 29.1 Å². The number of halogens is 2. The van der Waals surface area contributed by atoms with E-state index in [1.165, 1.54) is 0 Å². The molecule has 0 aliphatic carbocycles. The summed E-state index contributed by atoms with van der Waals surface area (Å²) < 4.78 is 0. The number of hydrogen-bond acceptors (Lipinski definition) is 3. The third-order valence-electron chi connectivity index (χ3n) is 3.32. The molecule has 0 aliphatic heterocycles. The summed E-state index contributed by atoms with van der Waals surface area (Å²) in [5.41, 5.74) is 2.88. The zero-order chi connectivity index (χ0) is 15.4. The van der Waals surface area contributed by atoms with E-state index in [0.717, 1.165) is 42.0 Å². The first-order valence-electron chi connectivity index (χ1n) is 7.14. The second kappa shape index (κ2) is 7.10. The SMILES string of the molecule is CCCNc1nc(-c2cccc(Cl)c2Cl)nc(CC)c1C. The number of hydrogen-bond donors (Lipinski definition) is 1. The lowest BCUT2D eigenvalue weighted by Gasteiger charge is -2.14. The van der Waals surface area contributed by atoms with Crippen molar-refractivity contribution < 1.29 is 0 Å². The molecular weight excluding hydrogens is 305 g/mol. The fourth-order valence-corrected chi connectivity index (χ4v) is 2.50. The van der Waals surface area contributed by atoms with Gasteiger partial charge in [0.2, 0.25) is 0 Å². The van der Waals surface area contributed by atoms with Crippen molar-refractivity contribution in [3.63, 3.8) is 0 Å². The van der Waals surface area contributed by atoms with Gasteiger partial charge in [0.1, 0.15) is 5.82 Å². The molecule has 1 N–H and O–H groups in total. The number of anilines is 1. The van der Waals surface area contributed by atoms with Gasteiger partial charge in [0.05, 0.1) is 10.0 Å². The first-order chi connectivity index (χ1) is 10.1. The highest BCUT2D eigenvalue weighted by atomic mass is 35.5. The van der Waals surface area contributed by atoms with Crippen LogP contribution in [-0.2, 0) is 6.42 Å². The second-order valence-corrected chi connectivity index (χ2v) is 5.63. The molecule has 2 rings (SSSR count). The highest BCUT2D eigenvalue weighted by molar-refractivity contribution is 6.43. The quantitative estimate of drug-likeness (QED) is 0.827. The fourth-order valence-electron chi connectivity index (χ4n) is 2.12. The summed E-state index contributed by atoms with van der Waals surface area (Å²) in [5.74, 6) is 1.48. The Balaban J connectivity index is 2.55. The zero-order valence-electron chi connectivity index (χ0n) is 12.5. The van der Waals surface area contributed by atoms with Gasteiger partial charge in [-0.3, -0.25) is 0 Å². The summed E-state index contributed by atoms with van der Waals surface area (Å²) >= 11 is 12.4. The van der Waals surface area contributed by atoms with E-state index in [1.807, 2.05) is 19.1 Å². The number of aryl methyl sites for hydroxylation is 1. The lowest BCUT2D eigenvalue weighted by Crippen LogP contribution is -2.08. The average molecular weight is 324 g/mol. The van der Waals surface area contributed by atoms with Crippen molar-refractivity contribution in [2.24, 2.45) is 0 Å².